The predicted octanol–water partition coefficient (Wildman–Crippen LogP) is 2.41. The highest BCUT2D eigenvalue weighted by Crippen LogP contribution is 2.21. The third kappa shape index (κ3) is 4.60. The van der Waals surface area contributed by atoms with E-state index in [2.05, 4.69) is 0 Å². The van der Waals surface area contributed by atoms with Crippen molar-refractivity contribution in [2.24, 2.45) is 5.73 Å². The largest absolute Gasteiger partial charge is 0.387 e. The van der Waals surface area contributed by atoms with Crippen LogP contribution in [0.1, 0.15) is 23.7 Å². The van der Waals surface area contributed by atoms with Gasteiger partial charge in [0, 0.05) is 25.2 Å². The number of nitrogens with zero attached hydrogens (tertiary/aromatic N) is 1. The molecule has 2 rings (SSSR count). The summed E-state index contributed by atoms with van der Waals surface area (Å²) in [5, 5.41) is 10.4. The van der Waals surface area contributed by atoms with E-state index in [9.17, 15) is 9.90 Å². The number of aliphatic hydroxyl groups is 1. The molecule has 2 aromatic rings. The molecule has 0 aliphatic carbocycles. The number of benzene rings is 2. The van der Waals surface area contributed by atoms with E-state index in [1.807, 2.05) is 66.4 Å². The van der Waals surface area contributed by atoms with Gasteiger partial charge in [0.15, 0.2) is 0 Å². The van der Waals surface area contributed by atoms with Gasteiger partial charge in [0.05, 0.1) is 6.10 Å². The average molecular weight is 298 g/mol. The molecule has 116 valence electrons. The molecule has 0 radical (unpaired) electrons. The number of primary amides is 1. The van der Waals surface area contributed by atoms with E-state index >= 15 is 0 Å². The zero-order valence-corrected chi connectivity index (χ0v) is 12.8. The first-order valence-electron chi connectivity index (χ1n) is 7.39. The Balaban J connectivity index is 2.15. The quantitative estimate of drug-likeness (QED) is 0.825. The summed E-state index contributed by atoms with van der Waals surface area (Å²) in [5.74, 6) is -0.341. The lowest BCUT2D eigenvalue weighted by Crippen LogP contribution is -2.32. The Morgan fingerprint density at radius 2 is 1.91 bits per heavy atom. The molecule has 4 nitrogen and oxygen atoms in total. The molecular weight excluding hydrogens is 276 g/mol. The lowest BCUT2D eigenvalue weighted by atomic mass is 10.1. The fourth-order valence-corrected chi connectivity index (χ4v) is 2.38. The second-order valence-corrected chi connectivity index (χ2v) is 5.43. The van der Waals surface area contributed by atoms with Gasteiger partial charge in [-0.15, -0.1) is 0 Å². The minimum Gasteiger partial charge on any atom is -0.387 e. The van der Waals surface area contributed by atoms with Gasteiger partial charge in [0.1, 0.15) is 0 Å². The van der Waals surface area contributed by atoms with Crippen LogP contribution < -0.4 is 10.6 Å². The molecule has 1 atom stereocenters. The second-order valence-electron chi connectivity index (χ2n) is 5.43. The monoisotopic (exact) mass is 298 g/mol. The van der Waals surface area contributed by atoms with Crippen LogP contribution in [0, 0.1) is 6.92 Å². The first kappa shape index (κ1) is 16.0. The normalized spacial score (nSPS) is 11.9. The molecule has 0 aliphatic rings. The predicted molar refractivity (Wildman–Crippen MR) is 88.6 cm³/mol. The van der Waals surface area contributed by atoms with E-state index in [1.165, 1.54) is 0 Å². The number of anilines is 1. The number of aliphatic hydroxyl groups excluding tert-OH is 1. The molecular formula is C18H22N2O2. The zero-order valence-electron chi connectivity index (χ0n) is 12.8. The summed E-state index contributed by atoms with van der Waals surface area (Å²) in [5.41, 5.74) is 8.24. The fourth-order valence-electron chi connectivity index (χ4n) is 2.38. The lowest BCUT2D eigenvalue weighted by Gasteiger charge is -2.27. The van der Waals surface area contributed by atoms with E-state index in [4.69, 9.17) is 5.73 Å². The highest BCUT2D eigenvalue weighted by atomic mass is 16.3. The van der Waals surface area contributed by atoms with Crippen molar-refractivity contribution in [3.05, 3.63) is 65.7 Å². The second kappa shape index (κ2) is 7.61. The van der Waals surface area contributed by atoms with Crippen LogP contribution in [0.15, 0.2) is 54.6 Å². The molecule has 0 aromatic heterocycles. The molecule has 2 aromatic carbocycles. The molecule has 4 heteroatoms. The van der Waals surface area contributed by atoms with E-state index < -0.39 is 6.10 Å². The van der Waals surface area contributed by atoms with Crippen molar-refractivity contribution in [2.45, 2.75) is 19.4 Å². The van der Waals surface area contributed by atoms with Gasteiger partial charge in [-0.05, 0) is 30.2 Å². The van der Waals surface area contributed by atoms with E-state index in [0.717, 1.165) is 16.8 Å². The summed E-state index contributed by atoms with van der Waals surface area (Å²) in [7, 11) is 0. The van der Waals surface area contributed by atoms with Crippen molar-refractivity contribution in [1.29, 1.82) is 0 Å². The Bertz CT molecular complexity index is 613. The minimum atomic E-state index is -0.616. The van der Waals surface area contributed by atoms with Crippen LogP contribution in [-0.4, -0.2) is 24.1 Å². The fraction of sp³-hybridized carbons (Fsp3) is 0.278. The van der Waals surface area contributed by atoms with Crippen LogP contribution in [0.5, 0.6) is 0 Å². The maximum atomic E-state index is 11.1. The Labute approximate surface area is 131 Å². The summed E-state index contributed by atoms with van der Waals surface area (Å²) in [6, 6.07) is 17.5. The third-order valence-electron chi connectivity index (χ3n) is 3.57. The van der Waals surface area contributed by atoms with Crippen LogP contribution >= 0.6 is 0 Å². The smallest absolute Gasteiger partial charge is 0.219 e. The zero-order chi connectivity index (χ0) is 15.9. The molecule has 1 amide bonds. The van der Waals surface area contributed by atoms with Crippen molar-refractivity contribution >= 4 is 11.6 Å². The van der Waals surface area contributed by atoms with Crippen LogP contribution in [-0.2, 0) is 4.79 Å². The molecule has 0 saturated carbocycles. The Morgan fingerprint density at radius 3 is 2.55 bits per heavy atom. The Hall–Kier alpha value is -2.33. The molecule has 0 aliphatic heterocycles. The van der Waals surface area contributed by atoms with Crippen molar-refractivity contribution in [3.8, 4) is 0 Å². The number of hydrogen-bond acceptors (Lipinski definition) is 3. The number of rotatable bonds is 7. The van der Waals surface area contributed by atoms with Crippen molar-refractivity contribution in [1.82, 2.24) is 0 Å². The number of hydrogen-bond donors (Lipinski definition) is 2. The number of aryl methyl sites for hydroxylation is 1. The Morgan fingerprint density at radius 1 is 1.18 bits per heavy atom. The van der Waals surface area contributed by atoms with Crippen molar-refractivity contribution < 1.29 is 9.90 Å². The molecule has 3 N–H and O–H groups in total. The summed E-state index contributed by atoms with van der Waals surface area (Å²) in [6.07, 6.45) is -0.357. The third-order valence-corrected chi connectivity index (χ3v) is 3.57. The van der Waals surface area contributed by atoms with Gasteiger partial charge in [-0.25, -0.2) is 0 Å². The van der Waals surface area contributed by atoms with Crippen LogP contribution in [0.4, 0.5) is 5.69 Å². The van der Waals surface area contributed by atoms with Crippen LogP contribution in [0.3, 0.4) is 0 Å². The summed E-state index contributed by atoms with van der Waals surface area (Å²) < 4.78 is 0. The molecule has 1 unspecified atom stereocenters. The van der Waals surface area contributed by atoms with Crippen LogP contribution in [0.2, 0.25) is 0 Å². The van der Waals surface area contributed by atoms with Gasteiger partial charge in [0.25, 0.3) is 0 Å². The summed E-state index contributed by atoms with van der Waals surface area (Å²) >= 11 is 0. The van der Waals surface area contributed by atoms with Gasteiger partial charge < -0.3 is 15.7 Å². The number of carbonyl (C=O) groups is 1. The molecule has 0 bridgehead atoms. The van der Waals surface area contributed by atoms with Crippen LogP contribution in [0.25, 0.3) is 0 Å². The van der Waals surface area contributed by atoms with E-state index in [1.54, 1.807) is 0 Å². The number of carbonyl (C=O) groups excluding carboxylic acids is 1. The number of nitrogens with two attached hydrogens (primary N) is 1. The first-order chi connectivity index (χ1) is 10.6. The number of amides is 1. The minimum absolute atomic E-state index is 0.259. The highest BCUT2D eigenvalue weighted by Gasteiger charge is 2.15. The van der Waals surface area contributed by atoms with Crippen molar-refractivity contribution in [3.63, 3.8) is 0 Å². The van der Waals surface area contributed by atoms with Gasteiger partial charge in [0.2, 0.25) is 5.91 Å². The SMILES string of the molecule is Cc1cccc(N(CCC(N)=O)CC(O)c2ccccc2)c1. The summed E-state index contributed by atoms with van der Waals surface area (Å²) in [4.78, 5) is 13.1. The van der Waals surface area contributed by atoms with Gasteiger partial charge in [-0.3, -0.25) is 4.79 Å². The Kier molecular flexibility index (Phi) is 5.55. The molecule has 0 heterocycles. The van der Waals surface area contributed by atoms with Gasteiger partial charge in [-0.1, -0.05) is 42.5 Å². The van der Waals surface area contributed by atoms with Gasteiger partial charge >= 0.3 is 0 Å². The molecule has 22 heavy (non-hydrogen) atoms. The first-order valence-corrected chi connectivity index (χ1v) is 7.39. The molecule has 0 saturated heterocycles. The standard InChI is InChI=1S/C18H22N2O2/c1-14-6-5-9-16(12-14)20(11-10-18(19)22)13-17(21)15-7-3-2-4-8-15/h2-9,12,17,21H,10-11,13H2,1H3,(H2,19,22). The van der Waals surface area contributed by atoms with Gasteiger partial charge in [-0.2, -0.15) is 0 Å². The maximum Gasteiger partial charge on any atom is 0.219 e. The maximum absolute atomic E-state index is 11.1. The molecule has 0 spiro atoms. The topological polar surface area (TPSA) is 66.6 Å². The average Bonchev–Trinajstić information content (AvgIpc) is 2.52. The molecule has 0 fully saturated rings. The highest BCUT2D eigenvalue weighted by molar-refractivity contribution is 5.74. The van der Waals surface area contributed by atoms with E-state index in [0.29, 0.717) is 13.1 Å². The van der Waals surface area contributed by atoms with Crippen molar-refractivity contribution in [2.75, 3.05) is 18.0 Å². The lowest BCUT2D eigenvalue weighted by molar-refractivity contribution is -0.117. The van der Waals surface area contributed by atoms with E-state index in [-0.39, 0.29) is 12.3 Å². The summed E-state index contributed by atoms with van der Waals surface area (Å²) in [6.45, 7) is 2.92.